The Morgan fingerprint density at radius 2 is 1.90 bits per heavy atom. The van der Waals surface area contributed by atoms with Crippen molar-refractivity contribution in [1.82, 2.24) is 10.2 Å². The Balaban J connectivity index is 1.92. The van der Waals surface area contributed by atoms with Crippen LogP contribution in [0, 0.1) is 0 Å². The molecule has 0 bridgehead atoms. The smallest absolute Gasteiger partial charge is 0.370 e. The number of nitrogens with one attached hydrogen (secondary N) is 1. The minimum absolute atomic E-state index is 0.0750. The second-order valence-electron chi connectivity index (χ2n) is 5.55. The van der Waals surface area contributed by atoms with Crippen LogP contribution in [0.15, 0.2) is 0 Å². The molecule has 1 saturated heterocycles. The summed E-state index contributed by atoms with van der Waals surface area (Å²) in [6, 6.07) is 0. The molecule has 0 radical (unpaired) electrons. The average molecular weight is 308 g/mol. The molecule has 8 heteroatoms. The molecule has 5 nitrogen and oxygen atoms in total. The highest BCUT2D eigenvalue weighted by molar-refractivity contribution is 5.93. The third-order valence-electron chi connectivity index (χ3n) is 3.91. The molecule has 1 saturated carbocycles. The number of carbonyl (C=O) groups excluding carboxylic acids is 2. The predicted octanol–water partition coefficient (Wildman–Crippen LogP) is 1.23. The van der Waals surface area contributed by atoms with Crippen molar-refractivity contribution >= 4 is 11.8 Å². The van der Waals surface area contributed by atoms with Gasteiger partial charge in [0.05, 0.1) is 6.61 Å². The first-order valence-electron chi connectivity index (χ1n) is 7.07. The summed E-state index contributed by atoms with van der Waals surface area (Å²) in [5.41, 5.74) is -0.850. The summed E-state index contributed by atoms with van der Waals surface area (Å²) < 4.78 is 40.5. The van der Waals surface area contributed by atoms with E-state index in [0.29, 0.717) is 12.8 Å². The molecular weight excluding hydrogens is 289 g/mol. The van der Waals surface area contributed by atoms with E-state index in [1.54, 1.807) is 0 Å². The minimum atomic E-state index is -4.37. The maximum atomic E-state index is 12.5. The number of halogens is 3. The van der Waals surface area contributed by atoms with Gasteiger partial charge in [-0.15, -0.1) is 0 Å². The molecule has 0 atom stereocenters. The highest BCUT2D eigenvalue weighted by atomic mass is 19.4. The van der Waals surface area contributed by atoms with Crippen LogP contribution in [0.3, 0.4) is 0 Å². The van der Waals surface area contributed by atoms with Crippen LogP contribution in [0.25, 0.3) is 0 Å². The van der Waals surface area contributed by atoms with E-state index in [2.05, 4.69) is 10.1 Å². The molecule has 1 N–H and O–H groups in total. The van der Waals surface area contributed by atoms with Gasteiger partial charge in [-0.25, -0.2) is 0 Å². The molecule has 2 amide bonds. The normalized spacial score (nSPS) is 22.5. The Labute approximate surface area is 120 Å². The van der Waals surface area contributed by atoms with Crippen LogP contribution < -0.4 is 5.32 Å². The summed E-state index contributed by atoms with van der Waals surface area (Å²) in [6.07, 6.45) is -1.27. The van der Waals surface area contributed by atoms with E-state index in [9.17, 15) is 22.8 Å². The van der Waals surface area contributed by atoms with Gasteiger partial charge in [-0.05, 0) is 12.8 Å². The van der Waals surface area contributed by atoms with E-state index < -0.39 is 18.3 Å². The van der Waals surface area contributed by atoms with Crippen molar-refractivity contribution in [2.24, 2.45) is 0 Å². The van der Waals surface area contributed by atoms with Crippen LogP contribution in [0.1, 0.15) is 32.1 Å². The van der Waals surface area contributed by atoms with E-state index in [1.807, 2.05) is 0 Å². The minimum Gasteiger partial charge on any atom is -0.370 e. The number of ether oxygens (including phenoxy) is 1. The summed E-state index contributed by atoms with van der Waals surface area (Å²) >= 11 is 0. The number of hydrogen-bond acceptors (Lipinski definition) is 3. The van der Waals surface area contributed by atoms with Crippen molar-refractivity contribution < 1.29 is 27.5 Å². The van der Waals surface area contributed by atoms with Crippen LogP contribution in [0.4, 0.5) is 13.2 Å². The van der Waals surface area contributed by atoms with Gasteiger partial charge in [0, 0.05) is 19.5 Å². The van der Waals surface area contributed by atoms with Crippen molar-refractivity contribution in [3.05, 3.63) is 0 Å². The van der Waals surface area contributed by atoms with Crippen molar-refractivity contribution in [3.8, 4) is 0 Å². The standard InChI is InChI=1S/C13H19F3N2O3/c14-13(15,16)9-21-8-7-18-6-3-10(19)17-12(11(18)20)4-1-2-5-12/h1-9H2,(H,17,19). The predicted molar refractivity (Wildman–Crippen MR) is 67.4 cm³/mol. The zero-order valence-electron chi connectivity index (χ0n) is 11.7. The lowest BCUT2D eigenvalue weighted by atomic mass is 9.96. The number of nitrogens with zero attached hydrogens (tertiary/aromatic N) is 1. The number of carbonyl (C=O) groups is 2. The Hall–Kier alpha value is -1.31. The zero-order valence-corrected chi connectivity index (χ0v) is 11.7. The first-order valence-corrected chi connectivity index (χ1v) is 7.07. The van der Waals surface area contributed by atoms with Gasteiger partial charge in [-0.3, -0.25) is 9.59 Å². The van der Waals surface area contributed by atoms with E-state index in [-0.39, 0.29) is 37.9 Å². The third kappa shape index (κ3) is 4.09. The lowest BCUT2D eigenvalue weighted by Gasteiger charge is -2.31. The van der Waals surface area contributed by atoms with Crippen LogP contribution in [0.5, 0.6) is 0 Å². The highest BCUT2D eigenvalue weighted by Gasteiger charge is 2.46. The molecule has 0 aromatic carbocycles. The molecule has 2 aliphatic rings. The molecule has 21 heavy (non-hydrogen) atoms. The second-order valence-corrected chi connectivity index (χ2v) is 5.55. The summed E-state index contributed by atoms with van der Waals surface area (Å²) in [6.45, 7) is -1.21. The molecule has 1 aliphatic heterocycles. The molecule has 1 aliphatic carbocycles. The molecule has 2 fully saturated rings. The first kappa shape index (κ1) is 16.1. The van der Waals surface area contributed by atoms with Gasteiger partial charge >= 0.3 is 6.18 Å². The van der Waals surface area contributed by atoms with Gasteiger partial charge < -0.3 is 15.0 Å². The fourth-order valence-corrected chi connectivity index (χ4v) is 2.92. The van der Waals surface area contributed by atoms with Crippen molar-refractivity contribution in [1.29, 1.82) is 0 Å². The number of hydrogen-bond donors (Lipinski definition) is 1. The van der Waals surface area contributed by atoms with Gasteiger partial charge in [0.15, 0.2) is 0 Å². The SMILES string of the molecule is O=C1CCN(CCOCC(F)(F)F)C(=O)C2(CCCC2)N1. The first-order chi connectivity index (χ1) is 9.82. The molecule has 0 aromatic heterocycles. The number of amides is 2. The Kier molecular flexibility index (Phi) is 4.75. The number of alkyl halides is 3. The summed E-state index contributed by atoms with van der Waals surface area (Å²) in [4.78, 5) is 25.7. The molecule has 1 spiro atoms. The topological polar surface area (TPSA) is 58.6 Å². The fourth-order valence-electron chi connectivity index (χ4n) is 2.92. The molecule has 2 rings (SSSR count). The molecular formula is C13H19F3N2O3. The van der Waals surface area contributed by atoms with Crippen LogP contribution in [-0.2, 0) is 14.3 Å². The van der Waals surface area contributed by atoms with Gasteiger partial charge in [0.1, 0.15) is 12.1 Å². The lowest BCUT2D eigenvalue weighted by Crippen LogP contribution is -2.55. The average Bonchev–Trinajstić information content (AvgIpc) is 2.81. The van der Waals surface area contributed by atoms with E-state index in [1.165, 1.54) is 4.90 Å². The molecule has 120 valence electrons. The van der Waals surface area contributed by atoms with Gasteiger partial charge in [-0.1, -0.05) is 12.8 Å². The molecule has 0 unspecified atom stereocenters. The quantitative estimate of drug-likeness (QED) is 0.795. The highest BCUT2D eigenvalue weighted by Crippen LogP contribution is 2.32. The van der Waals surface area contributed by atoms with E-state index in [4.69, 9.17) is 0 Å². The number of rotatable bonds is 4. The maximum absolute atomic E-state index is 12.5. The van der Waals surface area contributed by atoms with Crippen LogP contribution >= 0.6 is 0 Å². The van der Waals surface area contributed by atoms with Crippen molar-refractivity contribution in [2.75, 3.05) is 26.3 Å². The summed E-state index contributed by atoms with van der Waals surface area (Å²) in [7, 11) is 0. The van der Waals surface area contributed by atoms with Crippen molar-refractivity contribution in [2.45, 2.75) is 43.8 Å². The molecule has 1 heterocycles. The lowest BCUT2D eigenvalue weighted by molar-refractivity contribution is -0.175. The van der Waals surface area contributed by atoms with Crippen LogP contribution in [0.2, 0.25) is 0 Å². The van der Waals surface area contributed by atoms with E-state index in [0.717, 1.165) is 12.8 Å². The molecule has 0 aromatic rings. The third-order valence-corrected chi connectivity index (χ3v) is 3.91. The van der Waals surface area contributed by atoms with Gasteiger partial charge in [-0.2, -0.15) is 13.2 Å². The van der Waals surface area contributed by atoms with Gasteiger partial charge in [0.2, 0.25) is 11.8 Å². The Bertz CT molecular complexity index is 406. The van der Waals surface area contributed by atoms with Crippen molar-refractivity contribution in [3.63, 3.8) is 0 Å². The summed E-state index contributed by atoms with van der Waals surface area (Å²) in [5, 5.41) is 2.80. The Morgan fingerprint density at radius 3 is 2.52 bits per heavy atom. The van der Waals surface area contributed by atoms with Gasteiger partial charge in [0.25, 0.3) is 0 Å². The van der Waals surface area contributed by atoms with E-state index >= 15 is 0 Å². The second kappa shape index (κ2) is 6.21. The fraction of sp³-hybridized carbons (Fsp3) is 0.846. The zero-order chi connectivity index (χ0) is 15.5. The maximum Gasteiger partial charge on any atom is 0.411 e. The Morgan fingerprint density at radius 1 is 1.24 bits per heavy atom. The monoisotopic (exact) mass is 308 g/mol. The largest absolute Gasteiger partial charge is 0.411 e. The van der Waals surface area contributed by atoms with Crippen LogP contribution in [-0.4, -0.2) is 54.7 Å². The summed E-state index contributed by atoms with van der Waals surface area (Å²) in [5.74, 6) is -0.370.